The second-order valence-corrected chi connectivity index (χ2v) is 3.84. The molecule has 0 spiro atoms. The standard InChI is InChI=1S/C14H14O2/c1-4-9(2)13(15)14-10(3)11-7-5-6-8-12(11)16-14/h5-8H,2,4H2,1,3H3. The van der Waals surface area contributed by atoms with Gasteiger partial charge in [0.2, 0.25) is 5.78 Å². The number of carbonyl (C=O) groups excluding carboxylic acids is 1. The van der Waals surface area contributed by atoms with Gasteiger partial charge in [0.25, 0.3) is 0 Å². The maximum Gasteiger partial charge on any atom is 0.223 e. The minimum Gasteiger partial charge on any atom is -0.452 e. The lowest BCUT2D eigenvalue weighted by molar-refractivity contribution is 0.100. The lowest BCUT2D eigenvalue weighted by atomic mass is 10.0. The van der Waals surface area contributed by atoms with Crippen LogP contribution in [0.25, 0.3) is 11.0 Å². The first-order valence-corrected chi connectivity index (χ1v) is 5.35. The van der Waals surface area contributed by atoms with Gasteiger partial charge in [0, 0.05) is 10.9 Å². The molecule has 2 heteroatoms. The highest BCUT2D eigenvalue weighted by atomic mass is 16.3. The van der Waals surface area contributed by atoms with Gasteiger partial charge < -0.3 is 4.42 Å². The summed E-state index contributed by atoms with van der Waals surface area (Å²) in [5.74, 6) is 0.337. The van der Waals surface area contributed by atoms with Crippen molar-refractivity contribution in [2.24, 2.45) is 0 Å². The third-order valence-electron chi connectivity index (χ3n) is 2.80. The number of fused-ring (bicyclic) bond motifs is 1. The van der Waals surface area contributed by atoms with Crippen molar-refractivity contribution in [1.82, 2.24) is 0 Å². The van der Waals surface area contributed by atoms with E-state index in [1.54, 1.807) is 0 Å². The molecule has 1 aromatic carbocycles. The minimum atomic E-state index is -0.0869. The van der Waals surface area contributed by atoms with Crippen LogP contribution in [0.5, 0.6) is 0 Å². The van der Waals surface area contributed by atoms with Gasteiger partial charge >= 0.3 is 0 Å². The summed E-state index contributed by atoms with van der Waals surface area (Å²) in [6.45, 7) is 7.57. The van der Waals surface area contributed by atoms with Crippen LogP contribution in [0.4, 0.5) is 0 Å². The van der Waals surface area contributed by atoms with E-state index in [1.165, 1.54) is 0 Å². The monoisotopic (exact) mass is 214 g/mol. The lowest BCUT2D eigenvalue weighted by Crippen LogP contribution is -2.01. The molecule has 0 N–H and O–H groups in total. The smallest absolute Gasteiger partial charge is 0.223 e. The van der Waals surface area contributed by atoms with Crippen molar-refractivity contribution in [3.63, 3.8) is 0 Å². The molecule has 0 amide bonds. The molecule has 82 valence electrons. The van der Waals surface area contributed by atoms with Gasteiger partial charge in [0.1, 0.15) is 5.58 Å². The zero-order valence-electron chi connectivity index (χ0n) is 9.54. The molecule has 0 unspecified atom stereocenters. The summed E-state index contributed by atoms with van der Waals surface area (Å²) in [6.07, 6.45) is 0.648. The quantitative estimate of drug-likeness (QED) is 0.573. The molecule has 16 heavy (non-hydrogen) atoms. The average Bonchev–Trinajstić information content (AvgIpc) is 2.65. The van der Waals surface area contributed by atoms with Gasteiger partial charge in [0.15, 0.2) is 5.76 Å². The van der Waals surface area contributed by atoms with E-state index in [0.717, 1.165) is 16.5 Å². The van der Waals surface area contributed by atoms with Crippen LogP contribution in [-0.2, 0) is 0 Å². The van der Waals surface area contributed by atoms with Crippen molar-refractivity contribution in [1.29, 1.82) is 0 Å². The zero-order valence-corrected chi connectivity index (χ0v) is 9.54. The summed E-state index contributed by atoms with van der Waals surface area (Å²) < 4.78 is 5.57. The van der Waals surface area contributed by atoms with Gasteiger partial charge in [-0.2, -0.15) is 0 Å². The van der Waals surface area contributed by atoms with Crippen molar-refractivity contribution in [2.75, 3.05) is 0 Å². The van der Waals surface area contributed by atoms with Gasteiger partial charge in [-0.05, 0) is 25.0 Å². The Morgan fingerprint density at radius 2 is 2.06 bits per heavy atom. The highest BCUT2D eigenvalue weighted by Crippen LogP contribution is 2.26. The molecule has 0 atom stereocenters. The second-order valence-electron chi connectivity index (χ2n) is 3.84. The van der Waals surface area contributed by atoms with Crippen LogP contribution in [-0.4, -0.2) is 5.78 Å². The highest BCUT2D eigenvalue weighted by molar-refractivity contribution is 6.09. The number of carbonyl (C=O) groups is 1. The predicted octanol–water partition coefficient (Wildman–Crippen LogP) is 3.89. The molecular weight excluding hydrogens is 200 g/mol. The Morgan fingerprint density at radius 3 is 2.69 bits per heavy atom. The Balaban J connectivity index is 2.58. The summed E-state index contributed by atoms with van der Waals surface area (Å²) >= 11 is 0. The van der Waals surface area contributed by atoms with Gasteiger partial charge in [-0.1, -0.05) is 31.7 Å². The van der Waals surface area contributed by atoms with Crippen LogP contribution >= 0.6 is 0 Å². The SMILES string of the molecule is C=C(CC)C(=O)c1oc2ccccc2c1C. The largest absolute Gasteiger partial charge is 0.452 e. The van der Waals surface area contributed by atoms with Gasteiger partial charge in [-0.3, -0.25) is 4.79 Å². The van der Waals surface area contributed by atoms with Crippen molar-refractivity contribution in [3.05, 3.63) is 47.7 Å². The molecule has 0 fully saturated rings. The number of ketones is 1. The summed E-state index contributed by atoms with van der Waals surface area (Å²) in [6, 6.07) is 7.66. The van der Waals surface area contributed by atoms with Crippen LogP contribution in [0.2, 0.25) is 0 Å². The van der Waals surface area contributed by atoms with Crippen molar-refractivity contribution < 1.29 is 9.21 Å². The normalized spacial score (nSPS) is 10.6. The van der Waals surface area contributed by atoms with E-state index >= 15 is 0 Å². The number of hydrogen-bond acceptors (Lipinski definition) is 2. The number of para-hydroxylation sites is 1. The molecule has 0 bridgehead atoms. The molecule has 2 nitrogen and oxygen atoms in total. The van der Waals surface area contributed by atoms with E-state index in [9.17, 15) is 4.79 Å². The number of hydrogen-bond donors (Lipinski definition) is 0. The number of benzene rings is 1. The Bertz CT molecular complexity index is 561. The Morgan fingerprint density at radius 1 is 1.38 bits per heavy atom. The fourth-order valence-electron chi connectivity index (χ4n) is 1.71. The average molecular weight is 214 g/mol. The zero-order chi connectivity index (χ0) is 11.7. The molecule has 0 saturated carbocycles. The fraction of sp³-hybridized carbons (Fsp3) is 0.214. The molecule has 0 aliphatic carbocycles. The van der Waals surface area contributed by atoms with Crippen LogP contribution in [0, 0.1) is 6.92 Å². The first-order chi connectivity index (χ1) is 7.65. The number of aryl methyl sites for hydroxylation is 1. The topological polar surface area (TPSA) is 30.2 Å². The summed E-state index contributed by atoms with van der Waals surface area (Å²) in [5.41, 5.74) is 2.24. The molecule has 0 aliphatic rings. The number of allylic oxidation sites excluding steroid dienone is 1. The third kappa shape index (κ3) is 1.56. The Hall–Kier alpha value is -1.83. The number of rotatable bonds is 3. The van der Waals surface area contributed by atoms with E-state index in [2.05, 4.69) is 6.58 Å². The molecule has 1 aromatic heterocycles. The summed E-state index contributed by atoms with van der Waals surface area (Å²) in [5, 5.41) is 0.995. The molecule has 0 radical (unpaired) electrons. The van der Waals surface area contributed by atoms with Gasteiger partial charge in [-0.25, -0.2) is 0 Å². The first-order valence-electron chi connectivity index (χ1n) is 5.35. The van der Waals surface area contributed by atoms with Crippen LogP contribution in [0.15, 0.2) is 40.8 Å². The number of Topliss-reactive ketones (excluding diaryl/α,β-unsaturated/α-hetero) is 1. The van der Waals surface area contributed by atoms with E-state index in [0.29, 0.717) is 17.8 Å². The van der Waals surface area contributed by atoms with Crippen molar-refractivity contribution in [3.8, 4) is 0 Å². The van der Waals surface area contributed by atoms with Crippen LogP contribution < -0.4 is 0 Å². The molecular formula is C14H14O2. The molecule has 0 saturated heterocycles. The van der Waals surface area contributed by atoms with Crippen molar-refractivity contribution in [2.45, 2.75) is 20.3 Å². The minimum absolute atomic E-state index is 0.0869. The first kappa shape index (κ1) is 10.7. The van der Waals surface area contributed by atoms with E-state index in [-0.39, 0.29) is 5.78 Å². The highest BCUT2D eigenvalue weighted by Gasteiger charge is 2.18. The van der Waals surface area contributed by atoms with Gasteiger partial charge in [-0.15, -0.1) is 0 Å². The number of furan rings is 1. The third-order valence-corrected chi connectivity index (χ3v) is 2.80. The molecule has 2 aromatic rings. The summed E-state index contributed by atoms with van der Waals surface area (Å²) in [4.78, 5) is 12.0. The fourth-order valence-corrected chi connectivity index (χ4v) is 1.71. The van der Waals surface area contributed by atoms with Crippen LogP contribution in [0.3, 0.4) is 0 Å². The lowest BCUT2D eigenvalue weighted by Gasteiger charge is -1.98. The second kappa shape index (κ2) is 3.97. The van der Waals surface area contributed by atoms with E-state index < -0.39 is 0 Å². The Labute approximate surface area is 94.6 Å². The maximum absolute atomic E-state index is 12.0. The van der Waals surface area contributed by atoms with Crippen LogP contribution in [0.1, 0.15) is 29.5 Å². The molecule has 0 aliphatic heterocycles. The van der Waals surface area contributed by atoms with E-state index in [4.69, 9.17) is 4.42 Å². The van der Waals surface area contributed by atoms with E-state index in [1.807, 2.05) is 38.1 Å². The Kier molecular flexibility index (Phi) is 2.65. The maximum atomic E-state index is 12.0. The summed E-state index contributed by atoms with van der Waals surface area (Å²) in [7, 11) is 0. The molecule has 1 heterocycles. The van der Waals surface area contributed by atoms with Gasteiger partial charge in [0.05, 0.1) is 0 Å². The van der Waals surface area contributed by atoms with Crippen molar-refractivity contribution >= 4 is 16.8 Å². The molecule has 2 rings (SSSR count). The predicted molar refractivity (Wildman–Crippen MR) is 64.7 cm³/mol.